The minimum Gasteiger partial charge on any atom is -0.379 e. The fraction of sp³-hybridized carbons (Fsp3) is 0. The Kier molecular flexibility index (Phi) is 4.84. The molecule has 0 saturated heterocycles. The molecule has 0 heterocycles. The van der Waals surface area contributed by atoms with E-state index in [9.17, 15) is 18.5 Å². The molecule has 0 N–H and O–H groups in total. The van der Waals surface area contributed by atoms with Gasteiger partial charge in [-0.2, -0.15) is 8.42 Å². The van der Waals surface area contributed by atoms with Crippen molar-refractivity contribution in [2.45, 2.75) is 4.90 Å². The third-order valence-electron chi connectivity index (χ3n) is 2.36. The Labute approximate surface area is 142 Å². The van der Waals surface area contributed by atoms with Gasteiger partial charge in [-0.1, -0.05) is 22.0 Å². The van der Waals surface area contributed by atoms with Crippen molar-refractivity contribution in [1.82, 2.24) is 0 Å². The molecule has 2 aromatic carbocycles. The van der Waals surface area contributed by atoms with E-state index in [2.05, 4.69) is 15.9 Å². The van der Waals surface area contributed by atoms with E-state index in [1.54, 1.807) is 18.2 Å². The summed E-state index contributed by atoms with van der Waals surface area (Å²) in [5, 5.41) is 10.8. The van der Waals surface area contributed by atoms with Gasteiger partial charge in [-0.25, -0.2) is 0 Å². The molecular formula is C12H7BrINO5S. The van der Waals surface area contributed by atoms with Gasteiger partial charge in [0.25, 0.3) is 5.69 Å². The van der Waals surface area contributed by atoms with Crippen LogP contribution in [0.5, 0.6) is 5.75 Å². The summed E-state index contributed by atoms with van der Waals surface area (Å²) >= 11 is 5.06. The third-order valence-corrected chi connectivity index (χ3v) is 4.71. The first kappa shape index (κ1) is 16.2. The second kappa shape index (κ2) is 6.28. The fourth-order valence-corrected chi connectivity index (χ4v) is 3.63. The summed E-state index contributed by atoms with van der Waals surface area (Å²) in [6.07, 6.45) is 0. The van der Waals surface area contributed by atoms with Crippen molar-refractivity contribution in [1.29, 1.82) is 0 Å². The summed E-state index contributed by atoms with van der Waals surface area (Å²) in [6, 6.07) is 9.88. The van der Waals surface area contributed by atoms with E-state index >= 15 is 0 Å². The van der Waals surface area contributed by atoms with Gasteiger partial charge in [0.2, 0.25) is 0 Å². The van der Waals surface area contributed by atoms with Crippen LogP contribution in [0.15, 0.2) is 51.8 Å². The number of non-ortho nitro benzene ring substituents is 1. The number of hydrogen-bond donors (Lipinski definition) is 0. The smallest absolute Gasteiger partial charge is 0.339 e. The van der Waals surface area contributed by atoms with E-state index in [-0.39, 0.29) is 20.8 Å². The predicted octanol–water partition coefficient (Wildman–Crippen LogP) is 3.73. The van der Waals surface area contributed by atoms with Crippen LogP contribution in [-0.2, 0) is 10.1 Å². The summed E-state index contributed by atoms with van der Waals surface area (Å²) in [7, 11) is -4.15. The lowest BCUT2D eigenvalue weighted by Gasteiger charge is -2.07. The average molecular weight is 484 g/mol. The molecule has 0 aliphatic rings. The first-order valence-corrected chi connectivity index (χ1v) is 8.71. The van der Waals surface area contributed by atoms with E-state index in [0.717, 1.165) is 9.64 Å². The normalized spacial score (nSPS) is 11.1. The molecule has 0 spiro atoms. The second-order valence-electron chi connectivity index (χ2n) is 3.90. The van der Waals surface area contributed by atoms with Gasteiger partial charge < -0.3 is 4.18 Å². The largest absolute Gasteiger partial charge is 0.379 e. The highest BCUT2D eigenvalue weighted by atomic mass is 127. The third kappa shape index (κ3) is 4.14. The molecule has 0 bridgehead atoms. The minimum atomic E-state index is -4.15. The highest BCUT2D eigenvalue weighted by Crippen LogP contribution is 2.27. The van der Waals surface area contributed by atoms with Crippen LogP contribution < -0.4 is 4.18 Å². The summed E-state index contributed by atoms with van der Waals surface area (Å²) in [5.41, 5.74) is -0.339. The lowest BCUT2D eigenvalue weighted by atomic mass is 10.3. The van der Waals surface area contributed by atoms with E-state index < -0.39 is 15.0 Å². The van der Waals surface area contributed by atoms with Gasteiger partial charge in [0.1, 0.15) is 10.6 Å². The first-order valence-electron chi connectivity index (χ1n) is 5.43. The van der Waals surface area contributed by atoms with Gasteiger partial charge in [0.05, 0.1) is 4.92 Å². The van der Waals surface area contributed by atoms with Crippen molar-refractivity contribution >= 4 is 54.3 Å². The topological polar surface area (TPSA) is 86.5 Å². The quantitative estimate of drug-likeness (QED) is 0.286. The molecule has 110 valence electrons. The summed E-state index contributed by atoms with van der Waals surface area (Å²) in [6.45, 7) is 0. The zero-order valence-corrected chi connectivity index (χ0v) is 14.8. The Morgan fingerprint density at radius 1 is 1.19 bits per heavy atom. The van der Waals surface area contributed by atoms with Gasteiger partial charge in [-0.3, -0.25) is 10.1 Å². The van der Waals surface area contributed by atoms with Crippen molar-refractivity contribution in [3.8, 4) is 5.75 Å². The number of benzene rings is 2. The summed E-state index contributed by atoms with van der Waals surface area (Å²) in [5.74, 6) is 0.143. The molecule has 0 amide bonds. The van der Waals surface area contributed by atoms with Crippen LogP contribution in [0.3, 0.4) is 0 Å². The molecule has 2 rings (SSSR count). The fourth-order valence-electron chi connectivity index (χ4n) is 1.49. The molecule has 21 heavy (non-hydrogen) atoms. The van der Waals surface area contributed by atoms with Crippen molar-refractivity contribution < 1.29 is 17.5 Å². The highest BCUT2D eigenvalue weighted by molar-refractivity contribution is 14.1. The molecule has 0 aromatic heterocycles. The molecule has 0 saturated carbocycles. The number of hydrogen-bond acceptors (Lipinski definition) is 5. The monoisotopic (exact) mass is 483 g/mol. The molecule has 9 heteroatoms. The maximum Gasteiger partial charge on any atom is 0.339 e. The molecule has 0 aliphatic heterocycles. The number of rotatable bonds is 4. The van der Waals surface area contributed by atoms with E-state index in [1.807, 2.05) is 22.6 Å². The molecule has 0 atom stereocenters. The van der Waals surface area contributed by atoms with Crippen molar-refractivity contribution in [2.24, 2.45) is 0 Å². The first-order chi connectivity index (χ1) is 9.78. The van der Waals surface area contributed by atoms with Crippen molar-refractivity contribution in [3.63, 3.8) is 0 Å². The van der Waals surface area contributed by atoms with Crippen LogP contribution in [0.2, 0.25) is 0 Å². The Morgan fingerprint density at radius 3 is 2.52 bits per heavy atom. The van der Waals surface area contributed by atoms with Gasteiger partial charge >= 0.3 is 10.1 Å². The van der Waals surface area contributed by atoms with Crippen molar-refractivity contribution in [3.05, 3.63) is 60.6 Å². The molecule has 2 aromatic rings. The van der Waals surface area contributed by atoms with Crippen LogP contribution in [0.4, 0.5) is 5.69 Å². The van der Waals surface area contributed by atoms with Crippen LogP contribution >= 0.6 is 38.5 Å². The minimum absolute atomic E-state index is 0.143. The molecule has 6 nitrogen and oxygen atoms in total. The second-order valence-corrected chi connectivity index (χ2v) is 7.60. The molecule has 0 fully saturated rings. The average Bonchev–Trinajstić information content (AvgIpc) is 2.37. The Hall–Kier alpha value is -1.20. The van der Waals surface area contributed by atoms with E-state index in [1.165, 1.54) is 18.2 Å². The standard InChI is InChI=1S/C12H7BrINO5S/c13-8-4-10(15(16)17)7-12(5-8)21(18,19)20-11-3-1-2-9(14)6-11/h1-7H. The highest BCUT2D eigenvalue weighted by Gasteiger charge is 2.21. The van der Waals surface area contributed by atoms with Gasteiger partial charge in [0, 0.05) is 20.2 Å². The zero-order valence-electron chi connectivity index (χ0n) is 10.2. The predicted molar refractivity (Wildman–Crippen MR) is 87.8 cm³/mol. The number of halogens is 2. The van der Waals surface area contributed by atoms with Crippen molar-refractivity contribution in [2.75, 3.05) is 0 Å². The van der Waals surface area contributed by atoms with Gasteiger partial charge in [0.15, 0.2) is 0 Å². The number of nitro benzene ring substituents is 1. The Morgan fingerprint density at radius 2 is 1.90 bits per heavy atom. The van der Waals surface area contributed by atoms with E-state index in [0.29, 0.717) is 0 Å². The Bertz CT molecular complexity index is 809. The molecule has 0 unspecified atom stereocenters. The molecule has 0 aliphatic carbocycles. The van der Waals surface area contributed by atoms with Gasteiger partial charge in [-0.15, -0.1) is 0 Å². The molecular weight excluding hydrogens is 477 g/mol. The van der Waals surface area contributed by atoms with Gasteiger partial charge in [-0.05, 0) is 46.9 Å². The maximum atomic E-state index is 12.2. The summed E-state index contributed by atoms with van der Waals surface area (Å²) < 4.78 is 30.4. The summed E-state index contributed by atoms with van der Waals surface area (Å²) in [4.78, 5) is 9.82. The van der Waals surface area contributed by atoms with E-state index in [4.69, 9.17) is 4.18 Å². The zero-order chi connectivity index (χ0) is 15.6. The van der Waals surface area contributed by atoms with Crippen LogP contribution in [0.1, 0.15) is 0 Å². The van der Waals surface area contributed by atoms with Crippen LogP contribution in [-0.4, -0.2) is 13.3 Å². The number of nitrogens with zero attached hydrogens (tertiary/aromatic N) is 1. The maximum absolute atomic E-state index is 12.2. The lowest BCUT2D eigenvalue weighted by molar-refractivity contribution is -0.385. The van der Waals surface area contributed by atoms with Crippen LogP contribution in [0, 0.1) is 13.7 Å². The van der Waals surface area contributed by atoms with Crippen LogP contribution in [0.25, 0.3) is 0 Å². The number of nitro groups is 1. The Balaban J connectivity index is 2.42. The lowest BCUT2D eigenvalue weighted by Crippen LogP contribution is -2.10. The molecule has 0 radical (unpaired) electrons. The SMILES string of the molecule is O=[N+]([O-])c1cc(Br)cc(S(=O)(=O)Oc2cccc(I)c2)c1.